The molecule has 0 amide bonds. The summed E-state index contributed by atoms with van der Waals surface area (Å²) in [6.45, 7) is 5.01. The summed E-state index contributed by atoms with van der Waals surface area (Å²) < 4.78 is 0. The Morgan fingerprint density at radius 1 is 1.64 bits per heavy atom. The molecular formula is C9H17NO. The van der Waals surface area contributed by atoms with Gasteiger partial charge in [0.25, 0.3) is 0 Å². The fraction of sp³-hybridized carbons (Fsp3) is 0.778. The van der Waals surface area contributed by atoms with Gasteiger partial charge in [-0.3, -0.25) is 4.90 Å². The smallest absolute Gasteiger partial charge is 0.0667 e. The van der Waals surface area contributed by atoms with Crippen LogP contribution >= 0.6 is 0 Å². The number of hydrogen-bond acceptors (Lipinski definition) is 2. The number of aliphatic hydroxyl groups excluding tert-OH is 1. The lowest BCUT2D eigenvalue weighted by atomic mass is 10.1. The van der Waals surface area contributed by atoms with E-state index in [-0.39, 0.29) is 6.10 Å². The van der Waals surface area contributed by atoms with Gasteiger partial charge in [0, 0.05) is 13.1 Å². The molecule has 2 nitrogen and oxygen atoms in total. The van der Waals surface area contributed by atoms with Gasteiger partial charge in [-0.15, -0.1) is 0 Å². The molecular weight excluding hydrogens is 138 g/mol. The molecule has 1 aliphatic heterocycles. The summed E-state index contributed by atoms with van der Waals surface area (Å²) in [6, 6.07) is 0. The molecule has 0 radical (unpaired) electrons. The van der Waals surface area contributed by atoms with Crippen molar-refractivity contribution in [3.8, 4) is 0 Å². The molecule has 1 fully saturated rings. The summed E-state index contributed by atoms with van der Waals surface area (Å²) in [5, 5.41) is 9.31. The third-order valence-corrected chi connectivity index (χ3v) is 2.08. The van der Waals surface area contributed by atoms with E-state index >= 15 is 0 Å². The zero-order valence-electron chi connectivity index (χ0n) is 7.16. The van der Waals surface area contributed by atoms with Crippen LogP contribution in [0.4, 0.5) is 0 Å². The molecule has 0 aromatic rings. The molecule has 1 saturated heterocycles. The lowest BCUT2D eigenvalue weighted by molar-refractivity contribution is 0.0770. The van der Waals surface area contributed by atoms with E-state index in [2.05, 4.69) is 17.1 Å². The predicted molar refractivity (Wildman–Crippen MR) is 46.5 cm³/mol. The zero-order chi connectivity index (χ0) is 8.10. The van der Waals surface area contributed by atoms with Crippen molar-refractivity contribution in [3.05, 3.63) is 12.2 Å². The minimum atomic E-state index is -0.0889. The maximum atomic E-state index is 9.31. The quantitative estimate of drug-likeness (QED) is 0.602. The van der Waals surface area contributed by atoms with Gasteiger partial charge in [-0.1, -0.05) is 12.2 Å². The second-order valence-corrected chi connectivity index (χ2v) is 3.12. The maximum Gasteiger partial charge on any atom is 0.0667 e. The fourth-order valence-electron chi connectivity index (χ4n) is 1.45. The van der Waals surface area contributed by atoms with Gasteiger partial charge < -0.3 is 5.11 Å². The molecule has 1 heterocycles. The highest BCUT2D eigenvalue weighted by Crippen LogP contribution is 2.08. The Labute approximate surface area is 68.5 Å². The van der Waals surface area contributed by atoms with E-state index in [1.165, 1.54) is 0 Å². The van der Waals surface area contributed by atoms with Gasteiger partial charge in [-0.05, 0) is 26.3 Å². The van der Waals surface area contributed by atoms with Gasteiger partial charge in [0.05, 0.1) is 6.10 Å². The van der Waals surface area contributed by atoms with Crippen molar-refractivity contribution in [3.63, 3.8) is 0 Å². The molecule has 1 rings (SSSR count). The van der Waals surface area contributed by atoms with Crippen LogP contribution < -0.4 is 0 Å². The number of hydrogen-bond donors (Lipinski definition) is 1. The molecule has 0 saturated carbocycles. The second-order valence-electron chi connectivity index (χ2n) is 3.12. The molecule has 1 atom stereocenters. The van der Waals surface area contributed by atoms with Crippen molar-refractivity contribution in [2.45, 2.75) is 25.9 Å². The minimum absolute atomic E-state index is 0.0889. The first kappa shape index (κ1) is 8.75. The van der Waals surface area contributed by atoms with Crippen LogP contribution in [0.5, 0.6) is 0 Å². The van der Waals surface area contributed by atoms with Crippen molar-refractivity contribution in [2.75, 3.05) is 19.6 Å². The van der Waals surface area contributed by atoms with E-state index in [1.54, 1.807) is 0 Å². The normalized spacial score (nSPS) is 28.0. The van der Waals surface area contributed by atoms with Crippen LogP contribution in [0.3, 0.4) is 0 Å². The molecule has 0 aliphatic carbocycles. The first-order valence-corrected chi connectivity index (χ1v) is 4.34. The van der Waals surface area contributed by atoms with Crippen LogP contribution in [0.1, 0.15) is 19.8 Å². The maximum absolute atomic E-state index is 9.31. The largest absolute Gasteiger partial charge is 0.392 e. The average Bonchev–Trinajstić information content (AvgIpc) is 2.01. The molecule has 1 aliphatic rings. The Bertz CT molecular complexity index is 134. The Hall–Kier alpha value is -0.340. The van der Waals surface area contributed by atoms with Crippen molar-refractivity contribution >= 4 is 0 Å². The van der Waals surface area contributed by atoms with Gasteiger partial charge in [0.2, 0.25) is 0 Å². The van der Waals surface area contributed by atoms with E-state index in [4.69, 9.17) is 0 Å². The van der Waals surface area contributed by atoms with E-state index in [1.807, 2.05) is 6.92 Å². The molecule has 11 heavy (non-hydrogen) atoms. The van der Waals surface area contributed by atoms with Crippen molar-refractivity contribution < 1.29 is 5.11 Å². The Morgan fingerprint density at radius 2 is 2.45 bits per heavy atom. The molecule has 1 N–H and O–H groups in total. The number of piperidine rings is 1. The Morgan fingerprint density at radius 3 is 3.09 bits per heavy atom. The number of likely N-dealkylation sites (tertiary alicyclic amines) is 1. The van der Waals surface area contributed by atoms with Crippen LogP contribution in [-0.2, 0) is 0 Å². The molecule has 0 bridgehead atoms. The first-order valence-electron chi connectivity index (χ1n) is 4.34. The lowest BCUT2D eigenvalue weighted by Crippen LogP contribution is -2.38. The molecule has 64 valence electrons. The summed E-state index contributed by atoms with van der Waals surface area (Å²) in [6.07, 6.45) is 6.22. The number of rotatable bonds is 2. The van der Waals surface area contributed by atoms with E-state index in [0.717, 1.165) is 32.5 Å². The van der Waals surface area contributed by atoms with E-state index < -0.39 is 0 Å². The van der Waals surface area contributed by atoms with Crippen LogP contribution in [0, 0.1) is 0 Å². The minimum Gasteiger partial charge on any atom is -0.392 e. The molecule has 0 aromatic heterocycles. The average molecular weight is 155 g/mol. The third kappa shape index (κ3) is 3.04. The van der Waals surface area contributed by atoms with Gasteiger partial charge in [-0.2, -0.15) is 0 Å². The Balaban J connectivity index is 2.22. The lowest BCUT2D eigenvalue weighted by Gasteiger charge is -2.28. The van der Waals surface area contributed by atoms with Crippen LogP contribution in [0.25, 0.3) is 0 Å². The van der Waals surface area contributed by atoms with Gasteiger partial charge in [0.1, 0.15) is 0 Å². The van der Waals surface area contributed by atoms with Crippen LogP contribution in [0.2, 0.25) is 0 Å². The number of nitrogens with zero attached hydrogens (tertiary/aromatic N) is 1. The second kappa shape index (κ2) is 4.52. The topological polar surface area (TPSA) is 23.5 Å². The standard InChI is InChI=1S/C9H17NO/c1-2-3-6-10-7-4-5-9(11)8-10/h2-3,9,11H,4-8H2,1H3. The highest BCUT2D eigenvalue weighted by atomic mass is 16.3. The first-order chi connectivity index (χ1) is 5.33. The summed E-state index contributed by atoms with van der Waals surface area (Å²) in [5.41, 5.74) is 0. The zero-order valence-corrected chi connectivity index (χ0v) is 7.16. The highest BCUT2D eigenvalue weighted by molar-refractivity contribution is 4.83. The fourth-order valence-corrected chi connectivity index (χ4v) is 1.45. The van der Waals surface area contributed by atoms with E-state index in [0.29, 0.717) is 0 Å². The van der Waals surface area contributed by atoms with Crippen LogP contribution in [0.15, 0.2) is 12.2 Å². The number of β-amino-alcohol motifs (C(OH)–C–C–N with tert-alkyl or cyclic N) is 1. The Kier molecular flexibility index (Phi) is 3.60. The monoisotopic (exact) mass is 155 g/mol. The molecule has 0 aromatic carbocycles. The highest BCUT2D eigenvalue weighted by Gasteiger charge is 2.15. The van der Waals surface area contributed by atoms with Gasteiger partial charge >= 0.3 is 0 Å². The van der Waals surface area contributed by atoms with Crippen molar-refractivity contribution in [2.24, 2.45) is 0 Å². The SMILES string of the molecule is CC=CCN1CCCC(O)C1. The molecule has 0 spiro atoms. The van der Waals surface area contributed by atoms with Crippen molar-refractivity contribution in [1.29, 1.82) is 0 Å². The molecule has 2 heteroatoms. The summed E-state index contributed by atoms with van der Waals surface area (Å²) in [4.78, 5) is 2.29. The molecule has 1 unspecified atom stereocenters. The predicted octanol–water partition coefficient (Wildman–Crippen LogP) is 1.02. The third-order valence-electron chi connectivity index (χ3n) is 2.08. The summed E-state index contributed by atoms with van der Waals surface area (Å²) >= 11 is 0. The number of allylic oxidation sites excluding steroid dienone is 1. The summed E-state index contributed by atoms with van der Waals surface area (Å²) in [5.74, 6) is 0. The van der Waals surface area contributed by atoms with E-state index in [9.17, 15) is 5.11 Å². The number of aliphatic hydroxyl groups is 1. The van der Waals surface area contributed by atoms with Gasteiger partial charge in [-0.25, -0.2) is 0 Å². The van der Waals surface area contributed by atoms with Crippen molar-refractivity contribution in [1.82, 2.24) is 4.90 Å². The van der Waals surface area contributed by atoms with Crippen LogP contribution in [-0.4, -0.2) is 35.7 Å². The van der Waals surface area contributed by atoms with Gasteiger partial charge in [0.15, 0.2) is 0 Å². The summed E-state index contributed by atoms with van der Waals surface area (Å²) in [7, 11) is 0.